The largest absolute Gasteiger partial charge is 0.494 e. The number of ether oxygens (including phenoxy) is 2. The summed E-state index contributed by atoms with van der Waals surface area (Å²) >= 11 is 0. The third-order valence-electron chi connectivity index (χ3n) is 4.12. The summed E-state index contributed by atoms with van der Waals surface area (Å²) in [6, 6.07) is 8.13. The summed E-state index contributed by atoms with van der Waals surface area (Å²) in [4.78, 5) is 17.6. The zero-order valence-electron chi connectivity index (χ0n) is 16.1. The number of rotatable bonds is 10. The molecule has 0 bridgehead atoms. The van der Waals surface area contributed by atoms with Crippen LogP contribution in [0, 0.1) is 0 Å². The first-order valence-corrected chi connectivity index (χ1v) is 9.48. The summed E-state index contributed by atoms with van der Waals surface area (Å²) < 4.78 is 11.1. The van der Waals surface area contributed by atoms with E-state index in [4.69, 9.17) is 9.47 Å². The normalized spacial score (nSPS) is 14.7. The van der Waals surface area contributed by atoms with E-state index in [1.165, 1.54) is 26.2 Å². The van der Waals surface area contributed by atoms with E-state index in [9.17, 15) is 4.79 Å². The molecule has 1 atom stereocenters. The zero-order chi connectivity index (χ0) is 18.8. The highest BCUT2D eigenvalue weighted by Crippen LogP contribution is 2.24. The van der Waals surface area contributed by atoms with E-state index >= 15 is 0 Å². The third kappa shape index (κ3) is 6.90. The van der Waals surface area contributed by atoms with E-state index in [0.29, 0.717) is 13.0 Å². The summed E-state index contributed by atoms with van der Waals surface area (Å²) in [6.45, 7) is 6.98. The second-order valence-corrected chi connectivity index (χ2v) is 6.62. The average molecular weight is 358 g/mol. The molecule has 5 nitrogen and oxygen atoms in total. The molecule has 5 heteroatoms. The Morgan fingerprint density at radius 1 is 1.31 bits per heavy atom. The van der Waals surface area contributed by atoms with Gasteiger partial charge in [0.25, 0.3) is 0 Å². The molecule has 1 aliphatic heterocycles. The molecule has 0 N–H and O–H groups in total. The Morgan fingerprint density at radius 2 is 2.15 bits per heavy atom. The van der Waals surface area contributed by atoms with Crippen LogP contribution in [0.2, 0.25) is 0 Å². The van der Waals surface area contributed by atoms with Gasteiger partial charge < -0.3 is 14.4 Å². The SMILES string of the molecule is CCCCCCOc1cccc(N2C=C(CC(C)OC(C)=O)N=CC2)c1. The number of anilines is 1. The molecule has 1 aliphatic rings. The Hall–Kier alpha value is -2.30. The molecule has 0 spiro atoms. The quantitative estimate of drug-likeness (QED) is 0.448. The second kappa shape index (κ2) is 10.6. The molecular formula is C21H30N2O3. The van der Waals surface area contributed by atoms with E-state index in [2.05, 4.69) is 28.9 Å². The number of carbonyl (C=O) groups excluding carboxylic acids is 1. The van der Waals surface area contributed by atoms with Crippen LogP contribution in [0.5, 0.6) is 5.75 Å². The molecule has 0 saturated heterocycles. The van der Waals surface area contributed by atoms with Gasteiger partial charge in [-0.3, -0.25) is 9.79 Å². The maximum atomic E-state index is 11.1. The Balaban J connectivity index is 1.93. The Kier molecular flexibility index (Phi) is 8.19. The lowest BCUT2D eigenvalue weighted by molar-refractivity contribution is -0.145. The molecule has 0 saturated carbocycles. The van der Waals surface area contributed by atoms with Crippen molar-refractivity contribution in [3.8, 4) is 5.75 Å². The molecule has 0 fully saturated rings. The highest BCUT2D eigenvalue weighted by atomic mass is 16.5. The number of esters is 1. The van der Waals surface area contributed by atoms with Crippen molar-refractivity contribution in [3.05, 3.63) is 36.2 Å². The maximum Gasteiger partial charge on any atom is 0.302 e. The van der Waals surface area contributed by atoms with Crippen LogP contribution in [0.4, 0.5) is 5.69 Å². The van der Waals surface area contributed by atoms with E-state index in [1.807, 2.05) is 31.5 Å². The molecule has 1 heterocycles. The fraction of sp³-hybridized carbons (Fsp3) is 0.524. The highest BCUT2D eigenvalue weighted by Gasteiger charge is 2.13. The smallest absolute Gasteiger partial charge is 0.302 e. The number of carbonyl (C=O) groups is 1. The first kappa shape index (κ1) is 20.0. The number of aliphatic imine (C=N–C) groups is 1. The maximum absolute atomic E-state index is 11.1. The lowest BCUT2D eigenvalue weighted by Gasteiger charge is -2.24. The van der Waals surface area contributed by atoms with Crippen molar-refractivity contribution in [1.29, 1.82) is 0 Å². The van der Waals surface area contributed by atoms with E-state index < -0.39 is 0 Å². The first-order chi connectivity index (χ1) is 12.6. The van der Waals surface area contributed by atoms with E-state index in [1.54, 1.807) is 0 Å². The summed E-state index contributed by atoms with van der Waals surface area (Å²) in [6.07, 6.45) is 9.10. The van der Waals surface area contributed by atoms with Crippen LogP contribution in [-0.2, 0) is 9.53 Å². The van der Waals surface area contributed by atoms with E-state index in [0.717, 1.165) is 30.2 Å². The van der Waals surface area contributed by atoms with Gasteiger partial charge in [-0.25, -0.2) is 0 Å². The number of nitrogens with zero attached hydrogens (tertiary/aromatic N) is 2. The van der Waals surface area contributed by atoms with Gasteiger partial charge in [-0.15, -0.1) is 0 Å². The Morgan fingerprint density at radius 3 is 2.92 bits per heavy atom. The van der Waals surface area contributed by atoms with Crippen LogP contribution in [0.25, 0.3) is 0 Å². The van der Waals surface area contributed by atoms with Gasteiger partial charge >= 0.3 is 5.97 Å². The molecule has 26 heavy (non-hydrogen) atoms. The predicted molar refractivity (Wildman–Crippen MR) is 106 cm³/mol. The van der Waals surface area contributed by atoms with Crippen molar-refractivity contribution < 1.29 is 14.3 Å². The second-order valence-electron chi connectivity index (χ2n) is 6.62. The van der Waals surface area contributed by atoms with Crippen LogP contribution < -0.4 is 9.64 Å². The van der Waals surface area contributed by atoms with Crippen molar-refractivity contribution in [2.24, 2.45) is 4.99 Å². The molecule has 0 aromatic heterocycles. The molecular weight excluding hydrogens is 328 g/mol. The van der Waals surface area contributed by atoms with E-state index in [-0.39, 0.29) is 12.1 Å². The number of benzene rings is 1. The number of hydrogen-bond acceptors (Lipinski definition) is 5. The van der Waals surface area contributed by atoms with Crippen LogP contribution in [-0.4, -0.2) is 31.4 Å². The summed E-state index contributed by atoms with van der Waals surface area (Å²) in [5, 5.41) is 0. The van der Waals surface area contributed by atoms with Crippen molar-refractivity contribution in [2.75, 3.05) is 18.1 Å². The summed E-state index contributed by atoms with van der Waals surface area (Å²) in [5.74, 6) is 0.628. The van der Waals surface area contributed by atoms with Gasteiger partial charge in [0.1, 0.15) is 11.9 Å². The van der Waals surface area contributed by atoms with Crippen molar-refractivity contribution in [1.82, 2.24) is 0 Å². The van der Waals surface area contributed by atoms with Crippen LogP contribution in [0.1, 0.15) is 52.9 Å². The van der Waals surface area contributed by atoms with Crippen LogP contribution in [0.3, 0.4) is 0 Å². The molecule has 0 amide bonds. The van der Waals surface area contributed by atoms with Gasteiger partial charge in [-0.2, -0.15) is 0 Å². The van der Waals surface area contributed by atoms with Gasteiger partial charge in [0, 0.05) is 37.5 Å². The molecule has 1 aromatic carbocycles. The minimum Gasteiger partial charge on any atom is -0.494 e. The molecule has 1 unspecified atom stereocenters. The molecule has 0 radical (unpaired) electrons. The Bertz CT molecular complexity index is 640. The zero-order valence-corrected chi connectivity index (χ0v) is 16.1. The third-order valence-corrected chi connectivity index (χ3v) is 4.12. The highest BCUT2D eigenvalue weighted by molar-refractivity contribution is 5.71. The topological polar surface area (TPSA) is 51.1 Å². The summed E-state index contributed by atoms with van der Waals surface area (Å²) in [7, 11) is 0. The molecule has 2 rings (SSSR count). The van der Waals surface area contributed by atoms with Crippen molar-refractivity contribution in [3.63, 3.8) is 0 Å². The number of unbranched alkanes of at least 4 members (excludes halogenated alkanes) is 3. The van der Waals surface area contributed by atoms with Gasteiger partial charge in [0.2, 0.25) is 0 Å². The molecule has 0 aliphatic carbocycles. The fourth-order valence-electron chi connectivity index (χ4n) is 2.89. The van der Waals surface area contributed by atoms with Crippen LogP contribution >= 0.6 is 0 Å². The predicted octanol–water partition coefficient (Wildman–Crippen LogP) is 4.72. The summed E-state index contributed by atoms with van der Waals surface area (Å²) in [5.41, 5.74) is 1.97. The molecule has 1 aromatic rings. The van der Waals surface area contributed by atoms with Crippen LogP contribution in [0.15, 0.2) is 41.2 Å². The molecule has 142 valence electrons. The van der Waals surface area contributed by atoms with Crippen molar-refractivity contribution in [2.45, 2.75) is 59.0 Å². The van der Waals surface area contributed by atoms with Gasteiger partial charge in [0.05, 0.1) is 18.8 Å². The van der Waals surface area contributed by atoms with Gasteiger partial charge in [0.15, 0.2) is 0 Å². The standard InChI is InChI=1S/C21H30N2O3/c1-4-5-6-7-13-25-21-10-8-9-20(15-21)23-12-11-22-19(16-23)14-17(2)26-18(3)24/h8-11,15-17H,4-7,12-14H2,1-3H3. The fourth-order valence-corrected chi connectivity index (χ4v) is 2.89. The Labute approximate surface area is 156 Å². The lowest BCUT2D eigenvalue weighted by atomic mass is 10.2. The lowest BCUT2D eigenvalue weighted by Crippen LogP contribution is -2.23. The first-order valence-electron chi connectivity index (χ1n) is 9.48. The van der Waals surface area contributed by atoms with Gasteiger partial charge in [-0.1, -0.05) is 32.3 Å². The van der Waals surface area contributed by atoms with Crippen molar-refractivity contribution >= 4 is 17.9 Å². The average Bonchev–Trinajstić information content (AvgIpc) is 2.61. The minimum absolute atomic E-state index is 0.186. The number of hydrogen-bond donors (Lipinski definition) is 0. The minimum atomic E-state index is -0.265. The monoisotopic (exact) mass is 358 g/mol. The van der Waals surface area contributed by atoms with Gasteiger partial charge in [-0.05, 0) is 25.5 Å².